The summed E-state index contributed by atoms with van der Waals surface area (Å²) in [5.74, 6) is 0.277. The Bertz CT molecular complexity index is 2360. The fraction of sp³-hybridized carbons (Fsp3) is 0.0909. The van der Waals surface area contributed by atoms with E-state index in [1.54, 1.807) is 42.6 Å². The van der Waals surface area contributed by atoms with E-state index in [2.05, 4.69) is 20.1 Å². The third-order valence-corrected chi connectivity index (χ3v) is 9.38. The second-order valence-electron chi connectivity index (χ2n) is 10.8. The molecule has 0 atom stereocenters. The van der Waals surface area contributed by atoms with E-state index in [4.69, 9.17) is 5.73 Å². The van der Waals surface area contributed by atoms with Crippen molar-refractivity contribution in [2.24, 2.45) is 0 Å². The fourth-order valence-corrected chi connectivity index (χ4v) is 6.90. The molecule has 4 heterocycles. The van der Waals surface area contributed by atoms with Crippen LogP contribution in [0, 0.1) is 20.8 Å². The molecule has 0 bridgehead atoms. The SMILES string of the molecule is Cc1ccc(S(=O)(=O)n2c(C(=O)c3cnn(-c4ccc5nc(C)[nH]c5c4)c3N)cc3ccc(-c4cc(C)ccn4)cc32)cc1. The Hall–Kier alpha value is -5.55. The lowest BCUT2D eigenvalue weighted by atomic mass is 10.1. The topological polar surface area (TPSA) is 142 Å². The van der Waals surface area contributed by atoms with E-state index in [1.165, 1.54) is 23.0 Å². The summed E-state index contributed by atoms with van der Waals surface area (Å²) in [6.07, 6.45) is 3.07. The maximum Gasteiger partial charge on any atom is 0.268 e. The number of fused-ring (bicyclic) bond motifs is 2. The van der Waals surface area contributed by atoms with E-state index in [0.717, 1.165) is 37.5 Å². The second kappa shape index (κ2) is 10.0. The van der Waals surface area contributed by atoms with Gasteiger partial charge < -0.3 is 10.7 Å². The number of aromatic amines is 1. The van der Waals surface area contributed by atoms with Gasteiger partial charge in [0, 0.05) is 17.1 Å². The normalized spacial score (nSPS) is 11.9. The number of benzene rings is 3. The van der Waals surface area contributed by atoms with Crippen LogP contribution in [0.25, 0.3) is 38.9 Å². The van der Waals surface area contributed by atoms with Crippen LogP contribution < -0.4 is 5.73 Å². The molecule has 7 aromatic rings. The molecular formula is C33H27N7O3S. The number of rotatable bonds is 6. The van der Waals surface area contributed by atoms with Gasteiger partial charge in [0.05, 0.1) is 44.6 Å². The van der Waals surface area contributed by atoms with Crippen LogP contribution in [-0.2, 0) is 10.0 Å². The summed E-state index contributed by atoms with van der Waals surface area (Å²) in [4.78, 5) is 26.3. The van der Waals surface area contributed by atoms with Gasteiger partial charge in [0.25, 0.3) is 10.0 Å². The van der Waals surface area contributed by atoms with Crippen LogP contribution in [0.4, 0.5) is 5.82 Å². The molecule has 0 saturated carbocycles. The molecule has 0 aliphatic rings. The number of nitrogens with zero attached hydrogens (tertiary/aromatic N) is 5. The molecule has 44 heavy (non-hydrogen) atoms. The first-order valence-corrected chi connectivity index (χ1v) is 15.3. The van der Waals surface area contributed by atoms with Crippen LogP contribution in [0.3, 0.4) is 0 Å². The largest absolute Gasteiger partial charge is 0.383 e. The Morgan fingerprint density at radius 3 is 2.45 bits per heavy atom. The zero-order valence-electron chi connectivity index (χ0n) is 24.1. The second-order valence-corrected chi connectivity index (χ2v) is 12.6. The van der Waals surface area contributed by atoms with Crippen molar-refractivity contribution >= 4 is 43.6 Å². The van der Waals surface area contributed by atoms with Gasteiger partial charge in [-0.05, 0) is 80.9 Å². The Balaban J connectivity index is 1.40. The number of nitrogens with two attached hydrogens (primary N) is 1. The van der Waals surface area contributed by atoms with Crippen molar-refractivity contribution in [3.05, 3.63) is 119 Å². The number of H-pyrrole nitrogens is 1. The highest BCUT2D eigenvalue weighted by Gasteiger charge is 2.29. The number of aryl methyl sites for hydroxylation is 3. The lowest BCUT2D eigenvalue weighted by Crippen LogP contribution is -2.19. The number of ketones is 1. The van der Waals surface area contributed by atoms with Crippen LogP contribution >= 0.6 is 0 Å². The summed E-state index contributed by atoms with van der Waals surface area (Å²) in [5, 5.41) is 4.97. The minimum atomic E-state index is -4.21. The average Bonchev–Trinajstić information content (AvgIpc) is 3.70. The highest BCUT2D eigenvalue weighted by molar-refractivity contribution is 7.90. The van der Waals surface area contributed by atoms with Gasteiger partial charge in [-0.3, -0.25) is 9.78 Å². The Labute approximate surface area is 252 Å². The summed E-state index contributed by atoms with van der Waals surface area (Å²) in [6, 6.07) is 22.8. The molecule has 10 nitrogen and oxygen atoms in total. The van der Waals surface area contributed by atoms with Crippen molar-refractivity contribution in [2.45, 2.75) is 25.7 Å². The molecular weight excluding hydrogens is 574 g/mol. The van der Waals surface area contributed by atoms with Crippen LogP contribution in [0.15, 0.2) is 96.2 Å². The summed E-state index contributed by atoms with van der Waals surface area (Å²) >= 11 is 0. The van der Waals surface area contributed by atoms with Gasteiger partial charge in [0.15, 0.2) is 0 Å². The molecule has 4 aromatic heterocycles. The zero-order valence-corrected chi connectivity index (χ0v) is 24.9. The summed E-state index contributed by atoms with van der Waals surface area (Å²) in [5.41, 5.74) is 12.4. The molecule has 0 aliphatic carbocycles. The smallest absolute Gasteiger partial charge is 0.268 e. The predicted octanol–water partition coefficient (Wildman–Crippen LogP) is 5.74. The molecule has 0 radical (unpaired) electrons. The Morgan fingerprint density at radius 2 is 1.68 bits per heavy atom. The molecule has 218 valence electrons. The van der Waals surface area contributed by atoms with Gasteiger partial charge in [-0.1, -0.05) is 29.8 Å². The van der Waals surface area contributed by atoms with E-state index >= 15 is 0 Å². The minimum Gasteiger partial charge on any atom is -0.383 e. The van der Waals surface area contributed by atoms with Gasteiger partial charge in [0.1, 0.15) is 17.3 Å². The van der Waals surface area contributed by atoms with Crippen molar-refractivity contribution in [2.75, 3.05) is 5.73 Å². The lowest BCUT2D eigenvalue weighted by molar-refractivity contribution is 0.103. The van der Waals surface area contributed by atoms with Gasteiger partial charge in [-0.2, -0.15) is 5.10 Å². The molecule has 0 saturated heterocycles. The van der Waals surface area contributed by atoms with Crippen LogP contribution in [0.2, 0.25) is 0 Å². The van der Waals surface area contributed by atoms with Gasteiger partial charge in [0.2, 0.25) is 5.78 Å². The number of nitrogen functional groups attached to an aromatic ring is 1. The number of hydrogen-bond donors (Lipinski definition) is 2. The molecule has 11 heteroatoms. The third kappa shape index (κ3) is 4.45. The average molecular weight is 602 g/mol. The molecule has 0 fully saturated rings. The van der Waals surface area contributed by atoms with Crippen molar-refractivity contribution < 1.29 is 13.2 Å². The number of hydrogen-bond acceptors (Lipinski definition) is 7. The van der Waals surface area contributed by atoms with E-state index in [0.29, 0.717) is 22.3 Å². The molecule has 7 rings (SSSR count). The van der Waals surface area contributed by atoms with Gasteiger partial charge >= 0.3 is 0 Å². The molecule has 0 aliphatic heterocycles. The van der Waals surface area contributed by atoms with Crippen molar-refractivity contribution in [1.29, 1.82) is 0 Å². The fourth-order valence-electron chi connectivity index (χ4n) is 5.40. The number of aromatic nitrogens is 6. The van der Waals surface area contributed by atoms with E-state index in [9.17, 15) is 13.2 Å². The zero-order chi connectivity index (χ0) is 30.7. The van der Waals surface area contributed by atoms with Crippen molar-refractivity contribution in [3.63, 3.8) is 0 Å². The number of anilines is 1. The first kappa shape index (κ1) is 27.3. The number of pyridine rings is 1. The molecule has 3 N–H and O–H groups in total. The standard InChI is InChI=1S/C33H27N7O3S/c1-19-4-9-25(10-5-19)44(42,43)40-30-15-22(28-14-20(2)12-13-35-28)6-7-23(30)16-31(40)32(41)26-18-36-39(33(26)34)24-8-11-27-29(17-24)38-21(3)37-27/h4-18H,34H2,1-3H3,(H,37,38). The summed E-state index contributed by atoms with van der Waals surface area (Å²) in [6.45, 7) is 5.70. The summed E-state index contributed by atoms with van der Waals surface area (Å²) < 4.78 is 31.1. The maximum atomic E-state index is 14.3. The molecule has 3 aromatic carbocycles. The third-order valence-electron chi connectivity index (χ3n) is 7.64. The maximum absolute atomic E-state index is 14.3. The first-order valence-electron chi connectivity index (χ1n) is 13.9. The molecule has 0 unspecified atom stereocenters. The van der Waals surface area contributed by atoms with E-state index in [1.807, 2.05) is 51.1 Å². The first-order chi connectivity index (χ1) is 21.1. The number of nitrogens with one attached hydrogen (secondary N) is 1. The summed E-state index contributed by atoms with van der Waals surface area (Å²) in [7, 11) is -4.21. The van der Waals surface area contributed by atoms with Crippen LogP contribution in [-0.4, -0.2) is 42.9 Å². The van der Waals surface area contributed by atoms with Crippen LogP contribution in [0.1, 0.15) is 33.0 Å². The van der Waals surface area contributed by atoms with Crippen molar-refractivity contribution in [3.8, 4) is 16.9 Å². The number of imidazole rings is 1. The van der Waals surface area contributed by atoms with Gasteiger partial charge in [-0.15, -0.1) is 0 Å². The Morgan fingerprint density at radius 1 is 0.886 bits per heavy atom. The van der Waals surface area contributed by atoms with Crippen LogP contribution in [0.5, 0.6) is 0 Å². The number of carbonyl (C=O) groups is 1. The molecule has 0 spiro atoms. The van der Waals surface area contributed by atoms with Crippen molar-refractivity contribution in [1.82, 2.24) is 28.7 Å². The van der Waals surface area contributed by atoms with Gasteiger partial charge in [-0.25, -0.2) is 22.1 Å². The highest BCUT2D eigenvalue weighted by atomic mass is 32.2. The quantitative estimate of drug-likeness (QED) is 0.232. The number of carbonyl (C=O) groups excluding carboxylic acids is 1. The highest BCUT2D eigenvalue weighted by Crippen LogP contribution is 2.32. The predicted molar refractivity (Wildman–Crippen MR) is 169 cm³/mol. The van der Waals surface area contributed by atoms with E-state index < -0.39 is 15.8 Å². The molecule has 0 amide bonds. The lowest BCUT2D eigenvalue weighted by Gasteiger charge is -2.13. The minimum absolute atomic E-state index is 0.0548. The Kier molecular flexibility index (Phi) is 6.22. The van der Waals surface area contributed by atoms with E-state index in [-0.39, 0.29) is 22.0 Å². The monoisotopic (exact) mass is 601 g/mol.